The summed E-state index contributed by atoms with van der Waals surface area (Å²) in [7, 11) is 0. The Hall–Kier alpha value is -0.900. The highest BCUT2D eigenvalue weighted by Gasteiger charge is 2.31. The fourth-order valence-electron chi connectivity index (χ4n) is 3.01. The predicted molar refractivity (Wildman–Crippen MR) is 79.0 cm³/mol. The van der Waals surface area contributed by atoms with E-state index in [9.17, 15) is 0 Å². The van der Waals surface area contributed by atoms with E-state index in [0.29, 0.717) is 12.6 Å². The lowest BCUT2D eigenvalue weighted by Gasteiger charge is -2.42. The Morgan fingerprint density at radius 3 is 2.74 bits per heavy atom. The molecule has 1 atom stereocenters. The molecule has 1 heterocycles. The zero-order valence-corrected chi connectivity index (χ0v) is 12.6. The Kier molecular flexibility index (Phi) is 4.29. The van der Waals surface area contributed by atoms with Crippen LogP contribution in [0.1, 0.15) is 37.5 Å². The molecule has 2 N–H and O–H groups in total. The fourth-order valence-corrected chi connectivity index (χ4v) is 3.01. The van der Waals surface area contributed by atoms with Gasteiger partial charge in [0, 0.05) is 26.2 Å². The number of ether oxygens (including phenoxy) is 1. The third kappa shape index (κ3) is 3.78. The lowest BCUT2D eigenvalue weighted by Crippen LogP contribution is -2.51. The zero-order valence-electron chi connectivity index (χ0n) is 12.6. The lowest BCUT2D eigenvalue weighted by molar-refractivity contribution is -0.130. The molecule has 2 rings (SSSR count). The topological polar surface area (TPSA) is 38.5 Å². The molecular weight excluding hydrogens is 236 g/mol. The van der Waals surface area contributed by atoms with E-state index < -0.39 is 0 Å². The summed E-state index contributed by atoms with van der Waals surface area (Å²) < 4.78 is 5.95. The lowest BCUT2D eigenvalue weighted by atomic mass is 10.0. The zero-order chi connectivity index (χ0) is 14.0. The molecule has 3 heteroatoms. The standard InChI is InChI=1S/C16H26N2O/c1-12-7-14(8-17)5-6-15(12)10-18-9-13(2)19-16(3,4)11-18/h5-7,13H,8-11,17H2,1-4H3. The number of morpholine rings is 1. The molecule has 1 saturated heterocycles. The van der Waals surface area contributed by atoms with Crippen LogP contribution in [0.25, 0.3) is 0 Å². The van der Waals surface area contributed by atoms with Crippen molar-refractivity contribution in [3.63, 3.8) is 0 Å². The van der Waals surface area contributed by atoms with E-state index in [0.717, 1.165) is 19.6 Å². The summed E-state index contributed by atoms with van der Waals surface area (Å²) in [6.07, 6.45) is 0.298. The van der Waals surface area contributed by atoms with E-state index >= 15 is 0 Å². The number of hydrogen-bond donors (Lipinski definition) is 1. The summed E-state index contributed by atoms with van der Waals surface area (Å²) >= 11 is 0. The summed E-state index contributed by atoms with van der Waals surface area (Å²) in [5, 5.41) is 0. The van der Waals surface area contributed by atoms with E-state index in [1.807, 2.05) is 0 Å². The normalized spacial score (nSPS) is 23.5. The van der Waals surface area contributed by atoms with Gasteiger partial charge in [0.2, 0.25) is 0 Å². The minimum atomic E-state index is -0.0528. The molecular formula is C16H26N2O. The van der Waals surface area contributed by atoms with Crippen molar-refractivity contribution in [1.82, 2.24) is 4.90 Å². The number of nitrogens with zero attached hydrogens (tertiary/aromatic N) is 1. The molecule has 0 amide bonds. The van der Waals surface area contributed by atoms with Crippen LogP contribution in [-0.2, 0) is 17.8 Å². The van der Waals surface area contributed by atoms with Crippen molar-refractivity contribution in [3.05, 3.63) is 34.9 Å². The van der Waals surface area contributed by atoms with Crippen molar-refractivity contribution >= 4 is 0 Å². The highest BCUT2D eigenvalue weighted by molar-refractivity contribution is 5.31. The molecule has 0 aromatic heterocycles. The molecule has 1 aliphatic rings. The van der Waals surface area contributed by atoms with Gasteiger partial charge in [0.05, 0.1) is 11.7 Å². The second-order valence-electron chi connectivity index (χ2n) is 6.32. The van der Waals surface area contributed by atoms with Gasteiger partial charge < -0.3 is 10.5 Å². The van der Waals surface area contributed by atoms with Gasteiger partial charge in [0.25, 0.3) is 0 Å². The summed E-state index contributed by atoms with van der Waals surface area (Å²) in [6.45, 7) is 12.2. The van der Waals surface area contributed by atoms with Crippen molar-refractivity contribution in [2.45, 2.75) is 52.5 Å². The van der Waals surface area contributed by atoms with Crippen molar-refractivity contribution in [2.75, 3.05) is 13.1 Å². The Labute approximate surface area is 116 Å². The molecule has 1 aromatic rings. The third-order valence-electron chi connectivity index (χ3n) is 3.68. The predicted octanol–water partition coefficient (Wildman–Crippen LogP) is 2.45. The summed E-state index contributed by atoms with van der Waals surface area (Å²) in [6, 6.07) is 6.55. The van der Waals surface area contributed by atoms with Gasteiger partial charge in [-0.25, -0.2) is 0 Å². The van der Waals surface area contributed by atoms with E-state index in [2.05, 4.69) is 50.8 Å². The van der Waals surface area contributed by atoms with Crippen LogP contribution in [0.2, 0.25) is 0 Å². The second kappa shape index (κ2) is 5.61. The molecule has 0 saturated carbocycles. The van der Waals surface area contributed by atoms with Gasteiger partial charge in [-0.1, -0.05) is 18.2 Å². The van der Waals surface area contributed by atoms with Crippen LogP contribution < -0.4 is 5.73 Å². The maximum absolute atomic E-state index is 5.95. The average Bonchev–Trinajstić information content (AvgIpc) is 2.29. The molecule has 0 bridgehead atoms. The maximum atomic E-state index is 5.95. The van der Waals surface area contributed by atoms with Crippen LogP contribution in [-0.4, -0.2) is 29.7 Å². The number of benzene rings is 1. The average molecular weight is 262 g/mol. The van der Waals surface area contributed by atoms with E-state index in [1.54, 1.807) is 0 Å². The van der Waals surface area contributed by atoms with Gasteiger partial charge in [-0.2, -0.15) is 0 Å². The molecule has 0 aliphatic carbocycles. The van der Waals surface area contributed by atoms with Gasteiger partial charge in [0.15, 0.2) is 0 Å². The van der Waals surface area contributed by atoms with Gasteiger partial charge in [-0.3, -0.25) is 4.90 Å². The van der Waals surface area contributed by atoms with Crippen LogP contribution in [0.5, 0.6) is 0 Å². The molecule has 1 fully saturated rings. The van der Waals surface area contributed by atoms with Crippen LogP contribution >= 0.6 is 0 Å². The second-order valence-corrected chi connectivity index (χ2v) is 6.32. The quantitative estimate of drug-likeness (QED) is 0.909. The number of aryl methyl sites for hydroxylation is 1. The first kappa shape index (κ1) is 14.5. The van der Waals surface area contributed by atoms with Gasteiger partial charge >= 0.3 is 0 Å². The summed E-state index contributed by atoms with van der Waals surface area (Å²) in [5.41, 5.74) is 9.56. The van der Waals surface area contributed by atoms with Gasteiger partial charge in [0.1, 0.15) is 0 Å². The first-order chi connectivity index (χ1) is 8.89. The van der Waals surface area contributed by atoms with Crippen molar-refractivity contribution in [2.24, 2.45) is 5.73 Å². The van der Waals surface area contributed by atoms with Crippen LogP contribution in [0.3, 0.4) is 0 Å². The van der Waals surface area contributed by atoms with Gasteiger partial charge in [-0.15, -0.1) is 0 Å². The number of nitrogens with two attached hydrogens (primary N) is 1. The van der Waals surface area contributed by atoms with Crippen molar-refractivity contribution in [3.8, 4) is 0 Å². The van der Waals surface area contributed by atoms with Crippen LogP contribution in [0.4, 0.5) is 0 Å². The Morgan fingerprint density at radius 1 is 1.42 bits per heavy atom. The molecule has 3 nitrogen and oxygen atoms in total. The Balaban J connectivity index is 2.08. The molecule has 0 spiro atoms. The first-order valence-corrected chi connectivity index (χ1v) is 7.08. The van der Waals surface area contributed by atoms with E-state index in [4.69, 9.17) is 10.5 Å². The molecule has 1 unspecified atom stereocenters. The number of rotatable bonds is 3. The van der Waals surface area contributed by atoms with Crippen LogP contribution in [0, 0.1) is 6.92 Å². The van der Waals surface area contributed by atoms with E-state index in [1.165, 1.54) is 16.7 Å². The van der Waals surface area contributed by atoms with Crippen LogP contribution in [0.15, 0.2) is 18.2 Å². The summed E-state index contributed by atoms with van der Waals surface area (Å²) in [4.78, 5) is 2.48. The van der Waals surface area contributed by atoms with E-state index in [-0.39, 0.29) is 5.60 Å². The smallest absolute Gasteiger partial charge is 0.0757 e. The highest BCUT2D eigenvalue weighted by Crippen LogP contribution is 2.23. The van der Waals surface area contributed by atoms with Gasteiger partial charge in [-0.05, 0) is 44.4 Å². The highest BCUT2D eigenvalue weighted by atomic mass is 16.5. The van der Waals surface area contributed by atoms with Crippen molar-refractivity contribution < 1.29 is 4.74 Å². The molecule has 1 aromatic carbocycles. The largest absolute Gasteiger partial charge is 0.370 e. The molecule has 0 radical (unpaired) electrons. The minimum Gasteiger partial charge on any atom is -0.370 e. The Morgan fingerprint density at radius 2 is 2.16 bits per heavy atom. The molecule has 19 heavy (non-hydrogen) atoms. The maximum Gasteiger partial charge on any atom is 0.0757 e. The molecule has 106 valence electrons. The monoisotopic (exact) mass is 262 g/mol. The fraction of sp³-hybridized carbons (Fsp3) is 0.625. The molecule has 1 aliphatic heterocycles. The Bertz CT molecular complexity index is 442. The first-order valence-electron chi connectivity index (χ1n) is 7.08. The van der Waals surface area contributed by atoms with Crippen molar-refractivity contribution in [1.29, 1.82) is 0 Å². The summed E-state index contributed by atoms with van der Waals surface area (Å²) in [5.74, 6) is 0. The third-order valence-corrected chi connectivity index (χ3v) is 3.68. The minimum absolute atomic E-state index is 0.0528. The SMILES string of the molecule is Cc1cc(CN)ccc1CN1CC(C)OC(C)(C)C1. The number of hydrogen-bond acceptors (Lipinski definition) is 3.